The Morgan fingerprint density at radius 3 is 2.35 bits per heavy atom. The van der Waals surface area contributed by atoms with Gasteiger partial charge < -0.3 is 4.84 Å². The fourth-order valence-corrected chi connectivity index (χ4v) is 2.21. The van der Waals surface area contributed by atoms with E-state index >= 15 is 0 Å². The maximum absolute atomic E-state index is 11.6. The number of hydrogen-bond acceptors (Lipinski definition) is 3. The average molecular weight is 239 g/mol. The van der Waals surface area contributed by atoms with E-state index in [1.54, 1.807) is 6.92 Å². The summed E-state index contributed by atoms with van der Waals surface area (Å²) < 4.78 is 0. The van der Waals surface area contributed by atoms with Crippen LogP contribution in [0, 0.1) is 11.3 Å². The van der Waals surface area contributed by atoms with Gasteiger partial charge in [0, 0.05) is 12.1 Å². The number of carbonyl (C=O) groups is 1. The molecule has 17 heavy (non-hydrogen) atoms. The fourth-order valence-electron chi connectivity index (χ4n) is 2.21. The monoisotopic (exact) mass is 239 g/mol. The van der Waals surface area contributed by atoms with Crippen LogP contribution in [0.2, 0.25) is 0 Å². The van der Waals surface area contributed by atoms with Crippen molar-refractivity contribution >= 4 is 5.97 Å². The zero-order valence-corrected chi connectivity index (χ0v) is 12.0. The first-order valence-corrected chi connectivity index (χ1v) is 6.26. The highest BCUT2D eigenvalue weighted by molar-refractivity contribution is 5.86. The van der Waals surface area contributed by atoms with Crippen molar-refractivity contribution < 1.29 is 9.63 Å². The van der Waals surface area contributed by atoms with Gasteiger partial charge in [-0.3, -0.25) is 0 Å². The van der Waals surface area contributed by atoms with Crippen LogP contribution in [0.1, 0.15) is 48.0 Å². The molecule has 3 heteroatoms. The SMILES string of the molecule is C=C(C)C(=O)ON1CCC(C)C(C)(C)C1(C)C. The third-order valence-corrected chi connectivity index (χ3v) is 4.74. The standard InChI is InChI=1S/C14H25NO2/c1-10(2)12(16)17-15-9-8-11(3)13(4,5)14(15,6)7/h11H,1,8-9H2,2-7H3. The molecule has 0 radical (unpaired) electrons. The van der Waals surface area contributed by atoms with E-state index in [1.807, 2.05) is 5.06 Å². The number of piperidine rings is 1. The molecule has 0 aromatic carbocycles. The lowest BCUT2D eigenvalue weighted by Gasteiger charge is -2.54. The summed E-state index contributed by atoms with van der Waals surface area (Å²) in [7, 11) is 0. The van der Waals surface area contributed by atoms with Crippen LogP contribution in [0.25, 0.3) is 0 Å². The summed E-state index contributed by atoms with van der Waals surface area (Å²) >= 11 is 0. The molecule has 0 saturated carbocycles. The lowest BCUT2D eigenvalue weighted by molar-refractivity contribution is -0.253. The van der Waals surface area contributed by atoms with E-state index in [4.69, 9.17) is 4.84 Å². The van der Waals surface area contributed by atoms with E-state index in [9.17, 15) is 4.79 Å². The van der Waals surface area contributed by atoms with Crippen molar-refractivity contribution in [2.45, 2.75) is 53.5 Å². The molecule has 1 saturated heterocycles. The molecule has 0 aliphatic carbocycles. The van der Waals surface area contributed by atoms with E-state index in [1.165, 1.54) is 0 Å². The molecule has 98 valence electrons. The lowest BCUT2D eigenvalue weighted by Crippen LogP contribution is -2.60. The van der Waals surface area contributed by atoms with Crippen molar-refractivity contribution in [3.05, 3.63) is 12.2 Å². The second-order valence-electron chi connectivity index (χ2n) is 6.23. The third kappa shape index (κ3) is 2.39. The summed E-state index contributed by atoms with van der Waals surface area (Å²) in [5, 5.41) is 1.82. The summed E-state index contributed by atoms with van der Waals surface area (Å²) in [5.74, 6) is 0.278. The quantitative estimate of drug-likeness (QED) is 0.693. The Morgan fingerprint density at radius 2 is 1.88 bits per heavy atom. The predicted octanol–water partition coefficient (Wildman–Crippen LogP) is 3.17. The van der Waals surface area contributed by atoms with Crippen LogP contribution < -0.4 is 0 Å². The summed E-state index contributed by atoms with van der Waals surface area (Å²) in [6, 6.07) is 0. The second-order valence-corrected chi connectivity index (χ2v) is 6.23. The Hall–Kier alpha value is -0.830. The molecule has 1 unspecified atom stereocenters. The van der Waals surface area contributed by atoms with Gasteiger partial charge in [0.15, 0.2) is 0 Å². The Morgan fingerprint density at radius 1 is 1.35 bits per heavy atom. The summed E-state index contributed by atoms with van der Waals surface area (Å²) in [6.07, 6.45) is 1.04. The van der Waals surface area contributed by atoms with Gasteiger partial charge in [0.1, 0.15) is 0 Å². The molecule has 1 aliphatic heterocycles. The molecule has 1 rings (SSSR count). The molecule has 1 fully saturated rings. The van der Waals surface area contributed by atoms with E-state index in [0.717, 1.165) is 13.0 Å². The molecule has 0 aromatic heterocycles. The maximum Gasteiger partial charge on any atom is 0.352 e. The van der Waals surface area contributed by atoms with Crippen LogP contribution in [0.5, 0.6) is 0 Å². The Labute approximate surface area is 105 Å². The minimum atomic E-state index is -0.330. The van der Waals surface area contributed by atoms with E-state index in [2.05, 4.69) is 41.2 Å². The highest BCUT2D eigenvalue weighted by Gasteiger charge is 2.50. The van der Waals surface area contributed by atoms with Gasteiger partial charge in [-0.1, -0.05) is 27.4 Å². The van der Waals surface area contributed by atoms with Gasteiger partial charge in [-0.05, 0) is 38.5 Å². The Balaban J connectivity index is 2.88. The van der Waals surface area contributed by atoms with Gasteiger partial charge in [-0.15, -0.1) is 5.06 Å². The first-order chi connectivity index (χ1) is 7.60. The smallest absolute Gasteiger partial charge is 0.352 e. The van der Waals surface area contributed by atoms with Crippen molar-refractivity contribution in [1.29, 1.82) is 0 Å². The van der Waals surface area contributed by atoms with E-state index in [-0.39, 0.29) is 16.9 Å². The number of carbonyl (C=O) groups excluding carboxylic acids is 1. The summed E-state index contributed by atoms with van der Waals surface area (Å²) in [4.78, 5) is 17.1. The number of hydroxylamine groups is 2. The number of rotatable bonds is 2. The fraction of sp³-hybridized carbons (Fsp3) is 0.786. The highest BCUT2D eigenvalue weighted by atomic mass is 16.7. The normalized spacial score (nSPS) is 27.5. The van der Waals surface area contributed by atoms with Crippen LogP contribution in [-0.4, -0.2) is 23.1 Å². The maximum atomic E-state index is 11.6. The van der Waals surface area contributed by atoms with Crippen molar-refractivity contribution in [3.63, 3.8) is 0 Å². The minimum absolute atomic E-state index is 0.0978. The van der Waals surface area contributed by atoms with Crippen LogP contribution in [0.15, 0.2) is 12.2 Å². The molecule has 0 spiro atoms. The Kier molecular flexibility index (Phi) is 3.72. The molecule has 0 amide bonds. The van der Waals surface area contributed by atoms with Gasteiger partial charge in [0.2, 0.25) is 0 Å². The van der Waals surface area contributed by atoms with Crippen molar-refractivity contribution in [3.8, 4) is 0 Å². The first-order valence-electron chi connectivity index (χ1n) is 6.26. The number of nitrogens with zero attached hydrogens (tertiary/aromatic N) is 1. The van der Waals surface area contributed by atoms with Gasteiger partial charge >= 0.3 is 5.97 Å². The topological polar surface area (TPSA) is 29.5 Å². The highest BCUT2D eigenvalue weighted by Crippen LogP contribution is 2.47. The molecule has 1 aliphatic rings. The Bertz CT molecular complexity index is 331. The van der Waals surface area contributed by atoms with Crippen molar-refractivity contribution in [2.24, 2.45) is 11.3 Å². The molecular weight excluding hydrogens is 214 g/mol. The van der Waals surface area contributed by atoms with E-state index in [0.29, 0.717) is 11.5 Å². The average Bonchev–Trinajstić information content (AvgIpc) is 2.20. The van der Waals surface area contributed by atoms with Gasteiger partial charge in [0.25, 0.3) is 0 Å². The van der Waals surface area contributed by atoms with Crippen LogP contribution in [-0.2, 0) is 9.63 Å². The minimum Gasteiger partial charge on any atom is -0.364 e. The van der Waals surface area contributed by atoms with Crippen LogP contribution in [0.4, 0.5) is 0 Å². The van der Waals surface area contributed by atoms with Crippen LogP contribution >= 0.6 is 0 Å². The van der Waals surface area contributed by atoms with Crippen LogP contribution in [0.3, 0.4) is 0 Å². The summed E-state index contributed by atoms with van der Waals surface area (Å²) in [5.41, 5.74) is 0.369. The zero-order valence-electron chi connectivity index (χ0n) is 12.0. The first kappa shape index (κ1) is 14.2. The molecule has 1 heterocycles. The molecule has 0 aromatic rings. The zero-order chi connectivity index (χ0) is 13.4. The van der Waals surface area contributed by atoms with Gasteiger partial charge in [0.05, 0.1) is 5.54 Å². The van der Waals surface area contributed by atoms with Gasteiger partial charge in [-0.2, -0.15) is 0 Å². The summed E-state index contributed by atoms with van der Waals surface area (Å²) in [6.45, 7) is 17.1. The van der Waals surface area contributed by atoms with Gasteiger partial charge in [-0.25, -0.2) is 4.79 Å². The molecule has 0 bridgehead atoms. The van der Waals surface area contributed by atoms with E-state index < -0.39 is 0 Å². The predicted molar refractivity (Wildman–Crippen MR) is 69.3 cm³/mol. The van der Waals surface area contributed by atoms with Crippen molar-refractivity contribution in [2.75, 3.05) is 6.54 Å². The second kappa shape index (κ2) is 4.45. The molecular formula is C14H25NO2. The number of hydrogen-bond donors (Lipinski definition) is 0. The largest absolute Gasteiger partial charge is 0.364 e. The molecule has 1 atom stereocenters. The molecule has 3 nitrogen and oxygen atoms in total. The molecule has 0 N–H and O–H groups in total. The van der Waals surface area contributed by atoms with Crippen molar-refractivity contribution in [1.82, 2.24) is 5.06 Å². The third-order valence-electron chi connectivity index (χ3n) is 4.74. The lowest BCUT2D eigenvalue weighted by atomic mass is 9.63.